The van der Waals surface area contributed by atoms with E-state index in [4.69, 9.17) is 5.11 Å². The van der Waals surface area contributed by atoms with Crippen molar-refractivity contribution in [1.29, 1.82) is 0 Å². The maximum absolute atomic E-state index is 14.0. The summed E-state index contributed by atoms with van der Waals surface area (Å²) in [5.74, 6) is -5.63. The van der Waals surface area contributed by atoms with E-state index in [0.717, 1.165) is 5.56 Å². The van der Waals surface area contributed by atoms with Crippen LogP contribution in [0.3, 0.4) is 0 Å². The lowest BCUT2D eigenvalue weighted by Gasteiger charge is -2.22. The number of likely N-dealkylation sites (tertiary alicyclic amines) is 1. The molecule has 1 amide bonds. The molecule has 0 aliphatic carbocycles. The van der Waals surface area contributed by atoms with Crippen LogP contribution >= 0.6 is 0 Å². The van der Waals surface area contributed by atoms with Crippen LogP contribution in [0.4, 0.5) is 8.78 Å². The van der Waals surface area contributed by atoms with Crippen LogP contribution in [0.1, 0.15) is 56.9 Å². The van der Waals surface area contributed by atoms with Crippen LogP contribution in [0.25, 0.3) is 0 Å². The van der Waals surface area contributed by atoms with Crippen molar-refractivity contribution in [3.63, 3.8) is 0 Å². The third kappa shape index (κ3) is 6.63. The van der Waals surface area contributed by atoms with E-state index in [-0.39, 0.29) is 18.9 Å². The Morgan fingerprint density at radius 1 is 1.24 bits per heavy atom. The molecular formula is C22H29F2NO4. The Morgan fingerprint density at radius 2 is 1.90 bits per heavy atom. The first-order valence-corrected chi connectivity index (χ1v) is 10.0. The van der Waals surface area contributed by atoms with Crippen molar-refractivity contribution in [3.05, 3.63) is 48.0 Å². The SMILES string of the molecule is C[C@@H](c1ccccc1)[C@H](O)/C=C/[C@H]1CC(F)(F)C(=O)N1CCCCCCC(=O)O. The summed E-state index contributed by atoms with van der Waals surface area (Å²) in [6.45, 7) is 2.05. The fourth-order valence-corrected chi connectivity index (χ4v) is 3.53. The Labute approximate surface area is 170 Å². The number of alkyl halides is 2. The van der Waals surface area contributed by atoms with Crippen molar-refractivity contribution in [2.75, 3.05) is 6.54 Å². The van der Waals surface area contributed by atoms with Gasteiger partial charge in [-0.3, -0.25) is 9.59 Å². The van der Waals surface area contributed by atoms with Crippen LogP contribution in [0.2, 0.25) is 0 Å². The summed E-state index contributed by atoms with van der Waals surface area (Å²) in [6, 6.07) is 8.66. The number of amides is 1. The molecule has 1 aliphatic rings. The number of nitrogens with zero attached hydrogens (tertiary/aromatic N) is 1. The maximum Gasteiger partial charge on any atom is 0.327 e. The van der Waals surface area contributed by atoms with Gasteiger partial charge in [-0.15, -0.1) is 0 Å². The largest absolute Gasteiger partial charge is 0.481 e. The summed E-state index contributed by atoms with van der Waals surface area (Å²) in [5, 5.41) is 19.0. The minimum atomic E-state index is -3.39. The zero-order valence-electron chi connectivity index (χ0n) is 16.6. The van der Waals surface area contributed by atoms with E-state index >= 15 is 0 Å². The average Bonchev–Trinajstić information content (AvgIpc) is 2.91. The molecule has 2 rings (SSSR count). The molecule has 7 heteroatoms. The normalized spacial score (nSPS) is 20.9. The highest BCUT2D eigenvalue weighted by Crippen LogP contribution is 2.34. The van der Waals surface area contributed by atoms with Crippen LogP contribution in [-0.4, -0.2) is 51.6 Å². The topological polar surface area (TPSA) is 77.8 Å². The Hall–Kier alpha value is -2.28. The molecule has 1 saturated heterocycles. The molecule has 0 spiro atoms. The molecule has 1 aliphatic heterocycles. The van der Waals surface area contributed by atoms with Crippen molar-refractivity contribution in [1.82, 2.24) is 4.90 Å². The zero-order chi connectivity index (χ0) is 21.4. The molecule has 0 saturated carbocycles. The van der Waals surface area contributed by atoms with Crippen molar-refractivity contribution >= 4 is 11.9 Å². The Morgan fingerprint density at radius 3 is 2.55 bits per heavy atom. The number of carboxylic acid groups (broad SMARTS) is 1. The predicted octanol–water partition coefficient (Wildman–Crippen LogP) is 3.98. The summed E-state index contributed by atoms with van der Waals surface area (Å²) in [6.07, 6.45) is 4.08. The van der Waals surface area contributed by atoms with E-state index in [2.05, 4.69) is 0 Å². The second kappa shape index (κ2) is 10.5. The summed E-state index contributed by atoms with van der Waals surface area (Å²) < 4.78 is 27.9. The molecule has 0 radical (unpaired) electrons. The van der Waals surface area contributed by atoms with Crippen LogP contribution in [0.15, 0.2) is 42.5 Å². The third-order valence-corrected chi connectivity index (χ3v) is 5.35. The lowest BCUT2D eigenvalue weighted by Crippen LogP contribution is -2.36. The number of rotatable bonds is 11. The highest BCUT2D eigenvalue weighted by Gasteiger charge is 2.52. The van der Waals surface area contributed by atoms with E-state index in [1.54, 1.807) is 0 Å². The first kappa shape index (κ1) is 23.0. The number of carboxylic acids is 1. The summed E-state index contributed by atoms with van der Waals surface area (Å²) in [4.78, 5) is 23.7. The molecule has 29 heavy (non-hydrogen) atoms. The molecule has 5 nitrogen and oxygen atoms in total. The number of halogens is 2. The molecule has 3 atom stereocenters. The van der Waals surface area contributed by atoms with Gasteiger partial charge in [-0.2, -0.15) is 8.78 Å². The molecule has 160 valence electrons. The molecular weight excluding hydrogens is 380 g/mol. The number of unbranched alkanes of at least 4 members (excludes halogenated alkanes) is 3. The zero-order valence-corrected chi connectivity index (χ0v) is 16.6. The monoisotopic (exact) mass is 409 g/mol. The molecule has 0 aromatic heterocycles. The first-order valence-electron chi connectivity index (χ1n) is 10.0. The van der Waals surface area contributed by atoms with Gasteiger partial charge in [0, 0.05) is 25.3 Å². The van der Waals surface area contributed by atoms with Gasteiger partial charge in [0.2, 0.25) is 0 Å². The first-order chi connectivity index (χ1) is 13.7. The lowest BCUT2D eigenvalue weighted by atomic mass is 9.94. The van der Waals surface area contributed by atoms with Gasteiger partial charge in [-0.25, -0.2) is 0 Å². The number of aliphatic hydroxyl groups is 1. The number of hydrogen-bond acceptors (Lipinski definition) is 3. The Balaban J connectivity index is 1.92. The van der Waals surface area contributed by atoms with E-state index in [0.29, 0.717) is 25.7 Å². The van der Waals surface area contributed by atoms with Gasteiger partial charge in [0.1, 0.15) is 0 Å². The highest BCUT2D eigenvalue weighted by atomic mass is 19.3. The summed E-state index contributed by atoms with van der Waals surface area (Å²) >= 11 is 0. The number of benzene rings is 1. The molecule has 0 unspecified atom stereocenters. The summed E-state index contributed by atoms with van der Waals surface area (Å²) in [7, 11) is 0. The molecule has 1 fully saturated rings. The van der Waals surface area contributed by atoms with Gasteiger partial charge < -0.3 is 15.1 Å². The van der Waals surface area contributed by atoms with Crippen molar-refractivity contribution < 1.29 is 28.6 Å². The van der Waals surface area contributed by atoms with Crippen LogP contribution in [0.5, 0.6) is 0 Å². The number of aliphatic carboxylic acids is 1. The minimum Gasteiger partial charge on any atom is -0.481 e. The molecule has 1 aromatic rings. The molecule has 2 N–H and O–H groups in total. The van der Waals surface area contributed by atoms with Crippen molar-refractivity contribution in [3.8, 4) is 0 Å². The maximum atomic E-state index is 14.0. The van der Waals surface area contributed by atoms with Crippen LogP contribution < -0.4 is 0 Å². The molecule has 1 heterocycles. The van der Waals surface area contributed by atoms with Gasteiger partial charge in [0.05, 0.1) is 12.1 Å². The third-order valence-electron chi connectivity index (χ3n) is 5.35. The van der Waals surface area contributed by atoms with Crippen LogP contribution in [-0.2, 0) is 9.59 Å². The number of carbonyl (C=O) groups is 2. The second-order valence-corrected chi connectivity index (χ2v) is 7.61. The standard InChI is InChI=1S/C22H29F2NO4/c1-16(17-9-5-4-6-10-17)19(26)13-12-18-15-22(23,24)21(29)25(18)14-8-3-2-7-11-20(27)28/h4-6,9-10,12-13,16,18-19,26H,2-3,7-8,11,14-15H2,1H3,(H,27,28)/b13-12+/t16-,18-,19+/m0/s1. The van der Waals surface area contributed by atoms with Gasteiger partial charge in [-0.05, 0) is 18.4 Å². The Bertz CT molecular complexity index is 708. The van der Waals surface area contributed by atoms with E-state index < -0.39 is 36.4 Å². The Kier molecular flexibility index (Phi) is 8.32. The quantitative estimate of drug-likeness (QED) is 0.428. The number of hydrogen-bond donors (Lipinski definition) is 2. The number of aliphatic hydroxyl groups excluding tert-OH is 1. The lowest BCUT2D eigenvalue weighted by molar-refractivity contribution is -0.148. The van der Waals surface area contributed by atoms with Gasteiger partial charge >= 0.3 is 11.9 Å². The van der Waals surface area contributed by atoms with Gasteiger partial charge in [0.25, 0.3) is 5.91 Å². The smallest absolute Gasteiger partial charge is 0.327 e. The predicted molar refractivity (Wildman–Crippen MR) is 106 cm³/mol. The van der Waals surface area contributed by atoms with Gasteiger partial charge in [-0.1, -0.05) is 62.2 Å². The second-order valence-electron chi connectivity index (χ2n) is 7.61. The average molecular weight is 409 g/mol. The van der Waals surface area contributed by atoms with Crippen molar-refractivity contribution in [2.24, 2.45) is 0 Å². The minimum absolute atomic E-state index is 0.0869. The van der Waals surface area contributed by atoms with Crippen LogP contribution in [0, 0.1) is 0 Å². The van der Waals surface area contributed by atoms with E-state index in [1.807, 2.05) is 37.3 Å². The van der Waals surface area contributed by atoms with E-state index in [9.17, 15) is 23.5 Å². The summed E-state index contributed by atoms with van der Waals surface area (Å²) in [5.41, 5.74) is 0.940. The molecule has 0 bridgehead atoms. The highest BCUT2D eigenvalue weighted by molar-refractivity contribution is 5.86. The molecule has 1 aromatic carbocycles. The fraction of sp³-hybridized carbons (Fsp3) is 0.545. The van der Waals surface area contributed by atoms with Gasteiger partial charge in [0.15, 0.2) is 0 Å². The van der Waals surface area contributed by atoms with Crippen molar-refractivity contribution in [2.45, 2.75) is 69.4 Å². The number of carbonyl (C=O) groups excluding carboxylic acids is 1. The van der Waals surface area contributed by atoms with E-state index in [1.165, 1.54) is 17.1 Å². The fourth-order valence-electron chi connectivity index (χ4n) is 3.53.